The van der Waals surface area contributed by atoms with Crippen molar-refractivity contribution in [3.63, 3.8) is 0 Å². The average Bonchev–Trinajstić information content (AvgIpc) is 1.84. The first-order valence-corrected chi connectivity index (χ1v) is 3.44. The molecule has 0 saturated heterocycles. The number of carboxylic acids is 1. The van der Waals surface area contributed by atoms with E-state index in [1.807, 2.05) is 13.8 Å². The van der Waals surface area contributed by atoms with Crippen LogP contribution >= 0.6 is 0 Å². The van der Waals surface area contributed by atoms with E-state index in [1.54, 1.807) is 6.08 Å². The van der Waals surface area contributed by atoms with E-state index in [4.69, 9.17) is 5.11 Å². The Labute approximate surface area is 65.7 Å². The predicted octanol–water partition coefficient (Wildman–Crippen LogP) is 1.24. The Balaban J connectivity index is 4.16. The SMILES string of the molecule is CC(C)/C=C(\C=O)CC(=O)O. The van der Waals surface area contributed by atoms with Gasteiger partial charge in [-0.05, 0) is 11.5 Å². The molecule has 0 heterocycles. The lowest BCUT2D eigenvalue weighted by Gasteiger charge is -1.97. The van der Waals surface area contributed by atoms with Crippen molar-refractivity contribution >= 4 is 12.3 Å². The second kappa shape index (κ2) is 4.66. The molecule has 0 aromatic carbocycles. The first-order chi connectivity index (χ1) is 5.06. The third-order valence-corrected chi connectivity index (χ3v) is 1.05. The number of aldehydes is 1. The summed E-state index contributed by atoms with van der Waals surface area (Å²) in [4.78, 5) is 20.4. The second-order valence-electron chi connectivity index (χ2n) is 2.67. The molecule has 11 heavy (non-hydrogen) atoms. The van der Waals surface area contributed by atoms with Crippen LogP contribution in [0.1, 0.15) is 20.3 Å². The van der Waals surface area contributed by atoms with Gasteiger partial charge in [-0.1, -0.05) is 19.9 Å². The van der Waals surface area contributed by atoms with Gasteiger partial charge in [0.15, 0.2) is 0 Å². The van der Waals surface area contributed by atoms with Gasteiger partial charge in [-0.2, -0.15) is 0 Å². The van der Waals surface area contributed by atoms with Gasteiger partial charge >= 0.3 is 5.97 Å². The van der Waals surface area contributed by atoms with Crippen LogP contribution in [-0.4, -0.2) is 17.4 Å². The molecular formula is C8H12O3. The Bertz CT molecular complexity index is 180. The minimum atomic E-state index is -0.969. The second-order valence-corrected chi connectivity index (χ2v) is 2.67. The van der Waals surface area contributed by atoms with E-state index in [2.05, 4.69) is 0 Å². The highest BCUT2D eigenvalue weighted by Gasteiger charge is 2.02. The van der Waals surface area contributed by atoms with Gasteiger partial charge in [0, 0.05) is 0 Å². The van der Waals surface area contributed by atoms with Crippen LogP contribution in [-0.2, 0) is 9.59 Å². The summed E-state index contributed by atoms with van der Waals surface area (Å²) in [5.74, 6) is -0.751. The zero-order valence-electron chi connectivity index (χ0n) is 6.70. The van der Waals surface area contributed by atoms with E-state index in [9.17, 15) is 9.59 Å². The summed E-state index contributed by atoms with van der Waals surface area (Å²) in [6.07, 6.45) is 2.07. The Kier molecular flexibility index (Phi) is 4.18. The molecule has 0 rings (SSSR count). The van der Waals surface area contributed by atoms with E-state index in [0.717, 1.165) is 0 Å². The first-order valence-electron chi connectivity index (χ1n) is 3.44. The molecule has 1 N–H and O–H groups in total. The highest BCUT2D eigenvalue weighted by molar-refractivity contribution is 5.83. The molecule has 0 radical (unpaired) electrons. The van der Waals surface area contributed by atoms with E-state index >= 15 is 0 Å². The maximum absolute atomic E-state index is 10.2. The van der Waals surface area contributed by atoms with E-state index in [0.29, 0.717) is 11.9 Å². The van der Waals surface area contributed by atoms with Gasteiger partial charge in [0.05, 0.1) is 6.42 Å². The molecule has 0 aliphatic carbocycles. The first kappa shape index (κ1) is 9.88. The van der Waals surface area contributed by atoms with Gasteiger partial charge in [0.2, 0.25) is 0 Å². The smallest absolute Gasteiger partial charge is 0.307 e. The van der Waals surface area contributed by atoms with Crippen molar-refractivity contribution in [2.24, 2.45) is 5.92 Å². The number of carbonyl (C=O) groups excluding carboxylic acids is 1. The summed E-state index contributed by atoms with van der Waals surface area (Å²) < 4.78 is 0. The summed E-state index contributed by atoms with van der Waals surface area (Å²) in [5, 5.41) is 8.33. The fourth-order valence-corrected chi connectivity index (χ4v) is 0.743. The molecule has 0 bridgehead atoms. The van der Waals surface area contributed by atoms with Gasteiger partial charge in [0.25, 0.3) is 0 Å². The molecule has 0 saturated carbocycles. The van der Waals surface area contributed by atoms with E-state index in [1.165, 1.54) is 0 Å². The van der Waals surface area contributed by atoms with Crippen LogP contribution < -0.4 is 0 Å². The zero-order chi connectivity index (χ0) is 8.85. The topological polar surface area (TPSA) is 54.4 Å². The van der Waals surface area contributed by atoms with Crippen LogP contribution in [0, 0.1) is 5.92 Å². The Hall–Kier alpha value is -1.12. The van der Waals surface area contributed by atoms with Crippen molar-refractivity contribution < 1.29 is 14.7 Å². The van der Waals surface area contributed by atoms with E-state index in [-0.39, 0.29) is 12.3 Å². The maximum Gasteiger partial charge on any atom is 0.307 e. The number of carboxylic acid groups (broad SMARTS) is 1. The molecule has 0 atom stereocenters. The minimum Gasteiger partial charge on any atom is -0.481 e. The molecule has 3 nitrogen and oxygen atoms in total. The van der Waals surface area contributed by atoms with Gasteiger partial charge in [-0.3, -0.25) is 9.59 Å². The van der Waals surface area contributed by atoms with Gasteiger partial charge in [-0.15, -0.1) is 0 Å². The summed E-state index contributed by atoms with van der Waals surface area (Å²) in [7, 11) is 0. The lowest BCUT2D eigenvalue weighted by molar-refractivity contribution is -0.136. The lowest BCUT2D eigenvalue weighted by Crippen LogP contribution is -1.99. The molecule has 0 unspecified atom stereocenters. The van der Waals surface area contributed by atoms with Crippen molar-refractivity contribution in [2.75, 3.05) is 0 Å². The fourth-order valence-electron chi connectivity index (χ4n) is 0.743. The number of hydrogen-bond acceptors (Lipinski definition) is 2. The molecule has 62 valence electrons. The third-order valence-electron chi connectivity index (χ3n) is 1.05. The lowest BCUT2D eigenvalue weighted by atomic mass is 10.1. The highest BCUT2D eigenvalue weighted by atomic mass is 16.4. The zero-order valence-corrected chi connectivity index (χ0v) is 6.70. The average molecular weight is 156 g/mol. The Morgan fingerprint density at radius 3 is 2.36 bits per heavy atom. The van der Waals surface area contributed by atoms with Crippen LogP contribution in [0.5, 0.6) is 0 Å². The maximum atomic E-state index is 10.2. The van der Waals surface area contributed by atoms with Crippen molar-refractivity contribution in [1.29, 1.82) is 0 Å². The number of rotatable bonds is 4. The number of carbonyl (C=O) groups is 2. The van der Waals surface area contributed by atoms with Gasteiger partial charge < -0.3 is 5.11 Å². The van der Waals surface area contributed by atoms with Gasteiger partial charge in [-0.25, -0.2) is 0 Å². The Morgan fingerprint density at radius 2 is 2.09 bits per heavy atom. The molecule has 0 aliphatic rings. The number of aliphatic carboxylic acids is 1. The largest absolute Gasteiger partial charge is 0.481 e. The highest BCUT2D eigenvalue weighted by Crippen LogP contribution is 2.03. The quantitative estimate of drug-likeness (QED) is 0.492. The monoisotopic (exact) mass is 156 g/mol. The number of allylic oxidation sites excluding steroid dienone is 1. The summed E-state index contributed by atoms with van der Waals surface area (Å²) in [6.45, 7) is 3.79. The molecule has 0 aromatic heterocycles. The molecular weight excluding hydrogens is 144 g/mol. The van der Waals surface area contributed by atoms with Crippen molar-refractivity contribution in [2.45, 2.75) is 20.3 Å². The van der Waals surface area contributed by atoms with Crippen molar-refractivity contribution in [1.82, 2.24) is 0 Å². The molecule has 3 heteroatoms. The fraction of sp³-hybridized carbons (Fsp3) is 0.500. The van der Waals surface area contributed by atoms with Crippen LogP contribution in [0.25, 0.3) is 0 Å². The van der Waals surface area contributed by atoms with Crippen LogP contribution in [0.3, 0.4) is 0 Å². The van der Waals surface area contributed by atoms with Crippen LogP contribution in [0.2, 0.25) is 0 Å². The van der Waals surface area contributed by atoms with Crippen LogP contribution in [0.15, 0.2) is 11.6 Å². The Morgan fingerprint density at radius 1 is 1.55 bits per heavy atom. The molecule has 0 spiro atoms. The minimum absolute atomic E-state index is 0.179. The van der Waals surface area contributed by atoms with Crippen molar-refractivity contribution in [3.05, 3.63) is 11.6 Å². The predicted molar refractivity (Wildman–Crippen MR) is 41.2 cm³/mol. The molecule has 0 amide bonds. The molecule has 0 fully saturated rings. The normalized spacial score (nSPS) is 11.7. The third kappa shape index (κ3) is 5.33. The number of hydrogen-bond donors (Lipinski definition) is 1. The van der Waals surface area contributed by atoms with Crippen LogP contribution in [0.4, 0.5) is 0 Å². The van der Waals surface area contributed by atoms with E-state index < -0.39 is 5.97 Å². The molecule has 0 aromatic rings. The van der Waals surface area contributed by atoms with Gasteiger partial charge in [0.1, 0.15) is 6.29 Å². The summed E-state index contributed by atoms with van der Waals surface area (Å²) >= 11 is 0. The summed E-state index contributed by atoms with van der Waals surface area (Å²) in [5.41, 5.74) is 0.340. The summed E-state index contributed by atoms with van der Waals surface area (Å²) in [6, 6.07) is 0. The standard InChI is InChI=1S/C8H12O3/c1-6(2)3-7(5-9)4-8(10)11/h3,5-6H,4H2,1-2H3,(H,10,11)/b7-3-. The molecule has 0 aliphatic heterocycles. The van der Waals surface area contributed by atoms with Crippen molar-refractivity contribution in [3.8, 4) is 0 Å².